The molecule has 0 amide bonds. The zero-order valence-electron chi connectivity index (χ0n) is 21.2. The van der Waals surface area contributed by atoms with Crippen LogP contribution in [0, 0.1) is 5.92 Å². The second-order valence-electron chi connectivity index (χ2n) is 9.14. The smallest absolute Gasteiger partial charge is 0.341 e. The molecule has 1 atom stereocenters. The van der Waals surface area contributed by atoms with E-state index in [0.717, 1.165) is 64.0 Å². The summed E-state index contributed by atoms with van der Waals surface area (Å²) in [5, 5.41) is 0. The molecule has 0 saturated carbocycles. The molecule has 7 nitrogen and oxygen atoms in total. The van der Waals surface area contributed by atoms with Crippen molar-refractivity contribution in [3.05, 3.63) is 41.7 Å². The third kappa shape index (κ3) is 6.33. The van der Waals surface area contributed by atoms with Crippen LogP contribution in [0.25, 0.3) is 0 Å². The number of hydrogen-bond donors (Lipinski definition) is 1. The van der Waals surface area contributed by atoms with E-state index in [9.17, 15) is 4.79 Å². The molecule has 2 aliphatic rings. The number of carbonyl (C=O) groups excluding carboxylic acids is 1. The minimum Gasteiger partial charge on any atom is -0.491 e. The van der Waals surface area contributed by atoms with E-state index in [1.807, 2.05) is 19.1 Å². The topological polar surface area (TPSA) is 77.3 Å². The molecule has 2 aliphatic heterocycles. The normalized spacial score (nSPS) is 20.1. The second-order valence-corrected chi connectivity index (χ2v) is 9.14. The fraction of sp³-hybridized carbons (Fsp3) is 0.593. The molecule has 7 heteroatoms. The summed E-state index contributed by atoms with van der Waals surface area (Å²) in [5.74, 6) is 0.442. The lowest BCUT2D eigenvalue weighted by Crippen LogP contribution is -2.31. The number of esters is 1. The summed E-state index contributed by atoms with van der Waals surface area (Å²) in [7, 11) is 3.49. The third-order valence-electron chi connectivity index (χ3n) is 6.75. The summed E-state index contributed by atoms with van der Waals surface area (Å²) in [4.78, 5) is 17.0. The van der Waals surface area contributed by atoms with Crippen LogP contribution in [0.3, 0.4) is 0 Å². The molecule has 0 aromatic heterocycles. The van der Waals surface area contributed by atoms with Crippen molar-refractivity contribution in [2.45, 2.75) is 58.4 Å². The number of nitrogens with zero attached hydrogens (tertiary/aromatic N) is 2. The summed E-state index contributed by atoms with van der Waals surface area (Å²) in [6.45, 7) is 7.29. The van der Waals surface area contributed by atoms with Crippen LogP contribution < -0.4 is 15.4 Å². The van der Waals surface area contributed by atoms with Gasteiger partial charge >= 0.3 is 5.97 Å². The van der Waals surface area contributed by atoms with Crippen LogP contribution in [-0.2, 0) is 9.47 Å². The van der Waals surface area contributed by atoms with Gasteiger partial charge in [-0.1, -0.05) is 25.5 Å². The Morgan fingerprint density at radius 1 is 1.29 bits per heavy atom. The average molecular weight is 472 g/mol. The summed E-state index contributed by atoms with van der Waals surface area (Å²) >= 11 is 0. The van der Waals surface area contributed by atoms with E-state index in [-0.39, 0.29) is 0 Å². The number of benzene rings is 1. The number of unbranched alkanes of at least 4 members (excludes halogenated alkanes) is 1. The maximum Gasteiger partial charge on any atom is 0.341 e. The molecule has 34 heavy (non-hydrogen) atoms. The van der Waals surface area contributed by atoms with Gasteiger partial charge in [0.05, 0.1) is 18.5 Å². The lowest BCUT2D eigenvalue weighted by Gasteiger charge is -2.33. The number of rotatable bonds is 10. The average Bonchev–Trinajstić information content (AvgIpc) is 3.27. The number of hydrogen-bond acceptors (Lipinski definition) is 7. The number of anilines is 2. The van der Waals surface area contributed by atoms with Crippen molar-refractivity contribution in [3.8, 4) is 5.75 Å². The van der Waals surface area contributed by atoms with Gasteiger partial charge in [0.15, 0.2) is 0 Å². The van der Waals surface area contributed by atoms with E-state index in [2.05, 4.69) is 36.0 Å². The molecular formula is C27H41N3O4. The highest BCUT2D eigenvalue weighted by molar-refractivity contribution is 5.95. The summed E-state index contributed by atoms with van der Waals surface area (Å²) in [6, 6.07) is 3.92. The number of likely N-dealkylation sites (N-methyl/N-ethyl adjacent to an activating group) is 1. The van der Waals surface area contributed by atoms with Crippen molar-refractivity contribution >= 4 is 17.3 Å². The first-order valence-electron chi connectivity index (χ1n) is 12.5. The van der Waals surface area contributed by atoms with Crippen molar-refractivity contribution in [1.29, 1.82) is 0 Å². The minimum atomic E-state index is -0.447. The fourth-order valence-electron chi connectivity index (χ4n) is 4.76. The molecule has 2 fully saturated rings. The van der Waals surface area contributed by atoms with Crippen LogP contribution >= 0.6 is 0 Å². The Morgan fingerprint density at radius 2 is 2.06 bits per heavy atom. The standard InChI is InChI=1S/C27H41N3O4/c1-5-7-10-24(20-11-15-33-16-12-20)30(13-6-2)25-18-26(22(17-23(25)28)27(31)32-4)34-19-21-9-8-14-29(21)3/h6,10,13,17-18,20-21H,5,7-9,11-12,14-16,19,28H2,1-4H3/b13-6-,24-10+. The van der Waals surface area contributed by atoms with Crippen molar-refractivity contribution in [2.24, 2.45) is 5.92 Å². The number of methoxy groups -OCH3 is 1. The van der Waals surface area contributed by atoms with Gasteiger partial charge in [-0.2, -0.15) is 0 Å². The van der Waals surface area contributed by atoms with Crippen molar-refractivity contribution in [3.63, 3.8) is 0 Å². The van der Waals surface area contributed by atoms with Gasteiger partial charge in [0.2, 0.25) is 0 Å². The molecule has 2 saturated heterocycles. The van der Waals surface area contributed by atoms with Crippen molar-refractivity contribution < 1.29 is 19.0 Å². The molecule has 3 rings (SSSR count). The van der Waals surface area contributed by atoms with E-state index in [1.165, 1.54) is 12.8 Å². The number of allylic oxidation sites excluding steroid dienone is 3. The monoisotopic (exact) mass is 471 g/mol. The maximum absolute atomic E-state index is 12.6. The van der Waals surface area contributed by atoms with Crippen LogP contribution in [-0.4, -0.2) is 57.4 Å². The van der Waals surface area contributed by atoms with Gasteiger partial charge in [-0.05, 0) is 58.7 Å². The SMILES string of the molecule is C/C=C\N(/C(=C/CCC)C1CCOCC1)c1cc(OCC2CCCN2C)c(C(=O)OC)cc1N. The van der Waals surface area contributed by atoms with E-state index in [4.69, 9.17) is 19.9 Å². The zero-order valence-corrected chi connectivity index (χ0v) is 21.2. The first-order chi connectivity index (χ1) is 16.5. The van der Waals surface area contributed by atoms with Gasteiger partial charge in [-0.15, -0.1) is 0 Å². The number of nitrogens with two attached hydrogens (primary N) is 1. The summed E-state index contributed by atoms with van der Waals surface area (Å²) < 4.78 is 16.9. The van der Waals surface area contributed by atoms with Gasteiger partial charge in [0.25, 0.3) is 0 Å². The largest absolute Gasteiger partial charge is 0.491 e. The van der Waals surface area contributed by atoms with Crippen molar-refractivity contribution in [1.82, 2.24) is 4.90 Å². The number of nitrogen functional groups attached to an aromatic ring is 1. The Bertz CT molecular complexity index is 877. The molecule has 2 N–H and O–H groups in total. The molecule has 0 bridgehead atoms. The van der Waals surface area contributed by atoms with Gasteiger partial charge in [-0.3, -0.25) is 0 Å². The zero-order chi connectivity index (χ0) is 24.5. The first kappa shape index (κ1) is 26.1. The molecule has 1 unspecified atom stereocenters. The lowest BCUT2D eigenvalue weighted by atomic mass is 9.93. The Kier molecular flexibility index (Phi) is 9.84. The number of ether oxygens (including phenoxy) is 3. The third-order valence-corrected chi connectivity index (χ3v) is 6.75. The fourth-order valence-corrected chi connectivity index (χ4v) is 4.76. The summed E-state index contributed by atoms with van der Waals surface area (Å²) in [5.41, 5.74) is 9.46. The van der Waals surface area contributed by atoms with Crippen LogP contribution in [0.15, 0.2) is 36.2 Å². The van der Waals surface area contributed by atoms with Gasteiger partial charge in [0.1, 0.15) is 17.9 Å². The Balaban J connectivity index is 2.01. The van der Waals surface area contributed by atoms with Crippen LogP contribution in [0.1, 0.15) is 62.7 Å². The minimum absolute atomic E-state index is 0.334. The van der Waals surface area contributed by atoms with Crippen LogP contribution in [0.2, 0.25) is 0 Å². The van der Waals surface area contributed by atoms with E-state index >= 15 is 0 Å². The van der Waals surface area contributed by atoms with E-state index in [1.54, 1.807) is 6.07 Å². The van der Waals surface area contributed by atoms with Crippen molar-refractivity contribution in [2.75, 3.05) is 51.2 Å². The Labute approximate surface area is 204 Å². The van der Waals surface area contributed by atoms with E-state index < -0.39 is 5.97 Å². The molecule has 1 aromatic rings. The molecule has 188 valence electrons. The molecule has 0 spiro atoms. The number of likely N-dealkylation sites (tertiary alicyclic amines) is 1. The van der Waals surface area contributed by atoms with Crippen LogP contribution in [0.4, 0.5) is 11.4 Å². The highest BCUT2D eigenvalue weighted by Gasteiger charge is 2.27. The molecule has 0 radical (unpaired) electrons. The Hall–Kier alpha value is -2.51. The molecule has 2 heterocycles. The molecule has 0 aliphatic carbocycles. The maximum atomic E-state index is 12.6. The highest BCUT2D eigenvalue weighted by atomic mass is 16.5. The highest BCUT2D eigenvalue weighted by Crippen LogP contribution is 2.38. The van der Waals surface area contributed by atoms with Gasteiger partial charge < -0.3 is 29.7 Å². The predicted octanol–water partition coefficient (Wildman–Crippen LogP) is 4.98. The predicted molar refractivity (Wildman–Crippen MR) is 137 cm³/mol. The first-order valence-corrected chi connectivity index (χ1v) is 12.5. The Morgan fingerprint density at radius 3 is 2.68 bits per heavy atom. The number of carbonyl (C=O) groups is 1. The van der Waals surface area contributed by atoms with Crippen LogP contribution in [0.5, 0.6) is 5.75 Å². The van der Waals surface area contributed by atoms with Gasteiger partial charge in [0, 0.05) is 43.1 Å². The quantitative estimate of drug-likeness (QED) is 0.381. The van der Waals surface area contributed by atoms with Gasteiger partial charge in [-0.25, -0.2) is 4.79 Å². The molecular weight excluding hydrogens is 430 g/mol. The second kappa shape index (κ2) is 12.8. The van der Waals surface area contributed by atoms with E-state index in [0.29, 0.717) is 35.6 Å². The lowest BCUT2D eigenvalue weighted by molar-refractivity contribution is 0.0594. The summed E-state index contributed by atoms with van der Waals surface area (Å²) in [6.07, 6.45) is 12.6. The molecule has 1 aromatic carbocycles.